The molecule has 3 rings (SSSR count). The first kappa shape index (κ1) is 14.2. The normalized spacial score (nSPS) is 22.1. The number of hydrogen-bond acceptors (Lipinski definition) is 5. The van der Waals surface area contributed by atoms with Crippen LogP contribution >= 0.6 is 11.3 Å². The van der Waals surface area contributed by atoms with Crippen molar-refractivity contribution in [3.8, 4) is 0 Å². The lowest BCUT2D eigenvalue weighted by Gasteiger charge is -2.32. The van der Waals surface area contributed by atoms with Crippen LogP contribution in [-0.4, -0.2) is 41.1 Å². The summed E-state index contributed by atoms with van der Waals surface area (Å²) >= 11 is 1.58. The summed E-state index contributed by atoms with van der Waals surface area (Å²) in [4.78, 5) is 19.3. The van der Waals surface area contributed by atoms with Crippen molar-refractivity contribution in [2.24, 2.45) is 0 Å². The Morgan fingerprint density at radius 2 is 2.52 bits per heavy atom. The van der Waals surface area contributed by atoms with Gasteiger partial charge in [0.15, 0.2) is 0 Å². The van der Waals surface area contributed by atoms with E-state index in [9.17, 15) is 4.79 Å². The van der Waals surface area contributed by atoms with Gasteiger partial charge in [0.2, 0.25) is 0 Å². The van der Waals surface area contributed by atoms with Crippen LogP contribution in [0, 0.1) is 0 Å². The molecule has 2 atom stereocenters. The fraction of sp³-hybridized carbons (Fsp3) is 0.429. The molecule has 1 aliphatic rings. The molecule has 0 aliphatic carbocycles. The lowest BCUT2D eigenvalue weighted by Crippen LogP contribution is -2.53. The van der Waals surface area contributed by atoms with E-state index >= 15 is 0 Å². The number of nitrogens with zero attached hydrogens (tertiary/aromatic N) is 1. The molecule has 1 aliphatic heterocycles. The fourth-order valence-corrected chi connectivity index (χ4v) is 2.93. The summed E-state index contributed by atoms with van der Waals surface area (Å²) in [5.41, 5.74) is 0.576. The number of carbonyl (C=O) groups excluding carboxylic acids is 1. The molecule has 0 spiro atoms. The highest BCUT2D eigenvalue weighted by Crippen LogP contribution is 2.13. The molecule has 2 aromatic rings. The van der Waals surface area contributed by atoms with Gasteiger partial charge in [-0.3, -0.25) is 4.79 Å². The zero-order chi connectivity index (χ0) is 14.5. The highest BCUT2D eigenvalue weighted by atomic mass is 32.1. The number of nitrogens with one attached hydrogen (secondary N) is 3. The molecular formula is C14H18N4O2S. The van der Waals surface area contributed by atoms with E-state index in [4.69, 9.17) is 4.74 Å². The van der Waals surface area contributed by atoms with Crippen LogP contribution in [0.1, 0.15) is 21.9 Å². The molecule has 7 heteroatoms. The average molecular weight is 306 g/mol. The van der Waals surface area contributed by atoms with Crippen LogP contribution in [0.15, 0.2) is 29.9 Å². The summed E-state index contributed by atoms with van der Waals surface area (Å²) in [5, 5.41) is 9.24. The minimum atomic E-state index is -0.0882. The van der Waals surface area contributed by atoms with Gasteiger partial charge in [-0.25, -0.2) is 4.98 Å². The third-order valence-electron chi connectivity index (χ3n) is 3.49. The van der Waals surface area contributed by atoms with Crippen LogP contribution in [0.4, 0.5) is 0 Å². The Balaban J connectivity index is 1.57. The van der Waals surface area contributed by atoms with E-state index in [0.29, 0.717) is 12.3 Å². The number of rotatable bonds is 5. The highest BCUT2D eigenvalue weighted by Gasteiger charge is 2.27. The van der Waals surface area contributed by atoms with Crippen molar-refractivity contribution in [3.63, 3.8) is 0 Å². The van der Waals surface area contributed by atoms with Gasteiger partial charge in [-0.2, -0.15) is 0 Å². The predicted octanol–water partition coefficient (Wildman–Crippen LogP) is 1.15. The molecule has 1 saturated heterocycles. The number of hydrogen-bond donors (Lipinski definition) is 3. The van der Waals surface area contributed by atoms with Crippen molar-refractivity contribution in [2.75, 3.05) is 13.1 Å². The summed E-state index contributed by atoms with van der Waals surface area (Å²) in [6.07, 6.45) is 4.33. The smallest absolute Gasteiger partial charge is 0.267 e. The van der Waals surface area contributed by atoms with Crippen molar-refractivity contribution in [1.82, 2.24) is 20.6 Å². The maximum absolute atomic E-state index is 12.1. The molecular weight excluding hydrogens is 288 g/mol. The van der Waals surface area contributed by atoms with Crippen LogP contribution in [0.2, 0.25) is 0 Å². The van der Waals surface area contributed by atoms with Gasteiger partial charge in [-0.05, 0) is 25.1 Å². The number of aromatic nitrogens is 2. The molecule has 0 saturated carbocycles. The van der Waals surface area contributed by atoms with Crippen LogP contribution in [0.25, 0.3) is 0 Å². The number of amides is 1. The van der Waals surface area contributed by atoms with E-state index in [1.54, 1.807) is 29.8 Å². The standard InChI is InChI=1S/C14H18N4O2S/c19-14(11-2-1-4-16-11)18-10-3-5-15-8-12(10)20-9-13-17-6-7-21-13/h1-2,4,6-7,10,12,15-16H,3,5,8-9H2,(H,18,19). The average Bonchev–Trinajstić information content (AvgIpc) is 3.20. The lowest BCUT2D eigenvalue weighted by molar-refractivity contribution is 0.00351. The summed E-state index contributed by atoms with van der Waals surface area (Å²) < 4.78 is 5.92. The lowest BCUT2D eigenvalue weighted by atomic mass is 10.0. The Hall–Kier alpha value is -1.70. The van der Waals surface area contributed by atoms with E-state index in [2.05, 4.69) is 20.6 Å². The molecule has 0 bridgehead atoms. The van der Waals surface area contributed by atoms with Crippen molar-refractivity contribution < 1.29 is 9.53 Å². The van der Waals surface area contributed by atoms with Crippen molar-refractivity contribution in [1.29, 1.82) is 0 Å². The Kier molecular flexibility index (Phi) is 4.64. The quantitative estimate of drug-likeness (QED) is 0.774. The predicted molar refractivity (Wildman–Crippen MR) is 80.2 cm³/mol. The molecule has 3 heterocycles. The van der Waals surface area contributed by atoms with E-state index in [-0.39, 0.29) is 18.1 Å². The van der Waals surface area contributed by atoms with Gasteiger partial charge in [0.25, 0.3) is 5.91 Å². The number of ether oxygens (including phenoxy) is 1. The molecule has 6 nitrogen and oxygen atoms in total. The minimum Gasteiger partial charge on any atom is -0.368 e. The first-order chi connectivity index (χ1) is 10.3. The topological polar surface area (TPSA) is 79.0 Å². The first-order valence-corrected chi connectivity index (χ1v) is 7.86. The number of aromatic amines is 1. The maximum atomic E-state index is 12.1. The zero-order valence-corrected chi connectivity index (χ0v) is 12.4. The largest absolute Gasteiger partial charge is 0.368 e. The van der Waals surface area contributed by atoms with Crippen LogP contribution in [0.5, 0.6) is 0 Å². The summed E-state index contributed by atoms with van der Waals surface area (Å²) in [7, 11) is 0. The number of H-pyrrole nitrogens is 1. The van der Waals surface area contributed by atoms with Gasteiger partial charge >= 0.3 is 0 Å². The number of thiazole rings is 1. The first-order valence-electron chi connectivity index (χ1n) is 6.98. The second kappa shape index (κ2) is 6.84. The van der Waals surface area contributed by atoms with Gasteiger partial charge < -0.3 is 20.4 Å². The van der Waals surface area contributed by atoms with Gasteiger partial charge in [0.05, 0.1) is 18.8 Å². The Morgan fingerprint density at radius 3 is 3.29 bits per heavy atom. The number of carbonyl (C=O) groups is 1. The molecule has 21 heavy (non-hydrogen) atoms. The van der Waals surface area contributed by atoms with Crippen LogP contribution in [-0.2, 0) is 11.3 Å². The van der Waals surface area contributed by atoms with E-state index < -0.39 is 0 Å². The summed E-state index contributed by atoms with van der Waals surface area (Å²) in [6.45, 7) is 2.10. The Labute approximate surface area is 126 Å². The van der Waals surface area contributed by atoms with E-state index in [1.807, 2.05) is 11.4 Å². The van der Waals surface area contributed by atoms with E-state index in [1.165, 1.54) is 0 Å². The minimum absolute atomic E-state index is 0.0158. The van der Waals surface area contributed by atoms with Crippen molar-refractivity contribution >= 4 is 17.2 Å². The Morgan fingerprint density at radius 1 is 1.57 bits per heavy atom. The maximum Gasteiger partial charge on any atom is 0.267 e. The van der Waals surface area contributed by atoms with Crippen LogP contribution < -0.4 is 10.6 Å². The van der Waals surface area contributed by atoms with Gasteiger partial charge in [-0.1, -0.05) is 0 Å². The molecule has 112 valence electrons. The van der Waals surface area contributed by atoms with Gasteiger partial charge in [0.1, 0.15) is 10.7 Å². The summed E-state index contributed by atoms with van der Waals surface area (Å²) in [5.74, 6) is -0.0882. The van der Waals surface area contributed by atoms with Gasteiger partial charge in [-0.15, -0.1) is 11.3 Å². The molecule has 1 amide bonds. The summed E-state index contributed by atoms with van der Waals surface area (Å²) in [6, 6.07) is 3.59. The van der Waals surface area contributed by atoms with Crippen LogP contribution in [0.3, 0.4) is 0 Å². The van der Waals surface area contributed by atoms with E-state index in [0.717, 1.165) is 24.5 Å². The molecule has 2 aromatic heterocycles. The third kappa shape index (κ3) is 3.69. The third-order valence-corrected chi connectivity index (χ3v) is 4.24. The Bertz CT molecular complexity index is 556. The highest BCUT2D eigenvalue weighted by molar-refractivity contribution is 7.09. The van der Waals surface area contributed by atoms with Crippen molar-refractivity contribution in [2.45, 2.75) is 25.2 Å². The fourth-order valence-electron chi connectivity index (χ4n) is 2.39. The molecule has 2 unspecified atom stereocenters. The zero-order valence-electron chi connectivity index (χ0n) is 11.5. The van der Waals surface area contributed by atoms with Crippen molar-refractivity contribution in [3.05, 3.63) is 40.6 Å². The van der Waals surface area contributed by atoms with Gasteiger partial charge in [0, 0.05) is 24.3 Å². The molecule has 0 radical (unpaired) electrons. The second-order valence-corrected chi connectivity index (χ2v) is 5.91. The molecule has 1 fully saturated rings. The molecule has 0 aromatic carbocycles. The monoisotopic (exact) mass is 306 g/mol. The SMILES string of the molecule is O=C(NC1CCNCC1OCc1nccs1)c1ccc[nH]1. The number of piperidine rings is 1. The second-order valence-electron chi connectivity index (χ2n) is 4.93. The molecule has 3 N–H and O–H groups in total.